The van der Waals surface area contributed by atoms with Gasteiger partial charge in [0.25, 0.3) is 0 Å². The summed E-state index contributed by atoms with van der Waals surface area (Å²) in [5.74, 6) is -1.01. The molecule has 0 unspecified atom stereocenters. The largest absolute Gasteiger partial charge is 0.274 e. The number of hydrogen-bond acceptors (Lipinski definition) is 2. The predicted octanol–water partition coefficient (Wildman–Crippen LogP) is 6.26. The summed E-state index contributed by atoms with van der Waals surface area (Å²) in [6.45, 7) is 0. The molecule has 1 saturated carbocycles. The lowest BCUT2D eigenvalue weighted by atomic mass is 9.85. The zero-order chi connectivity index (χ0) is 23.5. The maximum Gasteiger partial charge on any atom is 0.238 e. The summed E-state index contributed by atoms with van der Waals surface area (Å²) in [7, 11) is 0. The molecule has 0 spiro atoms. The number of hydrogen-bond donors (Lipinski definition) is 0. The molecule has 0 radical (unpaired) electrons. The van der Waals surface area contributed by atoms with Crippen molar-refractivity contribution < 1.29 is 9.59 Å². The Morgan fingerprint density at radius 2 is 1.09 bits per heavy atom. The third-order valence-electron chi connectivity index (χ3n) is 7.84. The Balaban J connectivity index is 1.38. The SMILES string of the molecule is O=C1[C@@H]2[C@@H](C(=O)N1c1cccc3ccccc13)[C@H]1C=C[C@H]2C1=C(c1ccccc1)c1ccccc1. The van der Waals surface area contributed by atoms with Crippen molar-refractivity contribution in [3.8, 4) is 0 Å². The summed E-state index contributed by atoms with van der Waals surface area (Å²) in [6.07, 6.45) is 4.32. The van der Waals surface area contributed by atoms with Crippen LogP contribution in [0.15, 0.2) is 121 Å². The van der Waals surface area contributed by atoms with Gasteiger partial charge >= 0.3 is 0 Å². The summed E-state index contributed by atoms with van der Waals surface area (Å²) < 4.78 is 0. The van der Waals surface area contributed by atoms with Crippen molar-refractivity contribution in [2.24, 2.45) is 23.7 Å². The second-order valence-electron chi connectivity index (χ2n) is 9.56. The van der Waals surface area contributed by atoms with Crippen LogP contribution in [0.5, 0.6) is 0 Å². The molecule has 0 aromatic heterocycles. The number of carbonyl (C=O) groups excluding carboxylic acids is 2. The normalized spacial score (nSPS) is 24.5. The summed E-state index contributed by atoms with van der Waals surface area (Å²) in [4.78, 5) is 29.3. The molecule has 3 heteroatoms. The number of rotatable bonds is 3. The number of anilines is 1. The summed E-state index contributed by atoms with van der Waals surface area (Å²) in [5.41, 5.74) is 5.30. The highest BCUT2D eigenvalue weighted by molar-refractivity contribution is 6.26. The molecule has 4 aromatic rings. The minimum Gasteiger partial charge on any atom is -0.274 e. The molecule has 4 atom stereocenters. The highest BCUT2D eigenvalue weighted by Crippen LogP contribution is 2.59. The van der Waals surface area contributed by atoms with Gasteiger partial charge in [-0.3, -0.25) is 9.59 Å². The third-order valence-corrected chi connectivity index (χ3v) is 7.84. The summed E-state index contributed by atoms with van der Waals surface area (Å²) in [6, 6.07) is 34.5. The van der Waals surface area contributed by atoms with Gasteiger partial charge in [0, 0.05) is 17.2 Å². The topological polar surface area (TPSA) is 37.4 Å². The van der Waals surface area contributed by atoms with Crippen LogP contribution < -0.4 is 4.90 Å². The Morgan fingerprint density at radius 1 is 0.571 bits per heavy atom. The van der Waals surface area contributed by atoms with Gasteiger partial charge in [-0.15, -0.1) is 0 Å². The van der Waals surface area contributed by atoms with Crippen LogP contribution in [0, 0.1) is 23.7 Å². The number of allylic oxidation sites excluding steroid dienone is 3. The van der Waals surface area contributed by atoms with Crippen molar-refractivity contribution in [1.82, 2.24) is 0 Å². The van der Waals surface area contributed by atoms with Gasteiger partial charge < -0.3 is 0 Å². The first-order valence-electron chi connectivity index (χ1n) is 12.1. The standard InChI is InChI=1S/C32H23NO2/c34-31-29-24-18-19-25(28(24)27(21-11-3-1-4-12-21)22-13-5-2-6-14-22)30(29)32(35)33(31)26-17-9-15-20-10-7-8-16-23(20)26/h1-19,24-25,29-30H/t24-,25-,29-,30-/m0/s1. The van der Waals surface area contributed by atoms with Crippen molar-refractivity contribution in [1.29, 1.82) is 0 Å². The van der Waals surface area contributed by atoms with Gasteiger partial charge in [-0.1, -0.05) is 109 Å². The van der Waals surface area contributed by atoms with Crippen LogP contribution in [-0.2, 0) is 9.59 Å². The van der Waals surface area contributed by atoms with E-state index >= 15 is 0 Å². The first kappa shape index (κ1) is 20.2. The van der Waals surface area contributed by atoms with E-state index in [9.17, 15) is 9.59 Å². The zero-order valence-electron chi connectivity index (χ0n) is 19.0. The molecular weight excluding hydrogens is 430 g/mol. The molecule has 3 nitrogen and oxygen atoms in total. The van der Waals surface area contributed by atoms with E-state index in [1.807, 2.05) is 78.9 Å². The molecule has 2 fully saturated rings. The molecule has 1 aliphatic heterocycles. The van der Waals surface area contributed by atoms with E-state index in [2.05, 4.69) is 36.4 Å². The second kappa shape index (κ2) is 7.64. The van der Waals surface area contributed by atoms with Crippen molar-refractivity contribution in [2.75, 3.05) is 4.90 Å². The van der Waals surface area contributed by atoms with E-state index in [-0.39, 0.29) is 35.5 Å². The Bertz CT molecular complexity index is 1470. The molecule has 2 aliphatic carbocycles. The Labute approximate surface area is 204 Å². The van der Waals surface area contributed by atoms with E-state index in [1.165, 1.54) is 10.5 Å². The zero-order valence-corrected chi connectivity index (χ0v) is 19.0. The van der Waals surface area contributed by atoms with Gasteiger partial charge in [-0.05, 0) is 33.7 Å². The van der Waals surface area contributed by atoms with E-state index in [1.54, 1.807) is 0 Å². The van der Waals surface area contributed by atoms with Crippen LogP contribution in [0.2, 0.25) is 0 Å². The molecule has 3 aliphatic rings. The average molecular weight is 454 g/mol. The Hall–Kier alpha value is -4.24. The lowest BCUT2D eigenvalue weighted by molar-refractivity contribution is -0.122. The third kappa shape index (κ3) is 2.85. The Kier molecular flexibility index (Phi) is 4.40. The molecule has 0 N–H and O–H groups in total. The lowest BCUT2D eigenvalue weighted by Gasteiger charge is -2.22. The maximum absolute atomic E-state index is 13.9. The van der Waals surface area contributed by atoms with Gasteiger partial charge in [-0.25, -0.2) is 4.90 Å². The number of carbonyl (C=O) groups is 2. The number of nitrogens with zero attached hydrogens (tertiary/aromatic N) is 1. The highest BCUT2D eigenvalue weighted by Gasteiger charge is 2.62. The van der Waals surface area contributed by atoms with Gasteiger partial charge in [0.05, 0.1) is 17.5 Å². The second-order valence-corrected chi connectivity index (χ2v) is 9.56. The van der Waals surface area contributed by atoms with Crippen LogP contribution in [0.1, 0.15) is 11.1 Å². The van der Waals surface area contributed by atoms with Crippen LogP contribution in [-0.4, -0.2) is 11.8 Å². The highest BCUT2D eigenvalue weighted by atomic mass is 16.2. The molecule has 168 valence electrons. The fourth-order valence-electron chi connectivity index (χ4n) is 6.45. The van der Waals surface area contributed by atoms with Crippen molar-refractivity contribution in [3.63, 3.8) is 0 Å². The predicted molar refractivity (Wildman–Crippen MR) is 138 cm³/mol. The maximum atomic E-state index is 13.9. The van der Waals surface area contributed by atoms with Crippen molar-refractivity contribution in [3.05, 3.63) is 132 Å². The molecular formula is C32H23NO2. The van der Waals surface area contributed by atoms with Crippen LogP contribution in [0.4, 0.5) is 5.69 Å². The van der Waals surface area contributed by atoms with Gasteiger partial charge in [0.2, 0.25) is 11.8 Å². The van der Waals surface area contributed by atoms with Gasteiger partial charge in [0.1, 0.15) is 0 Å². The molecule has 4 aromatic carbocycles. The minimum atomic E-state index is -0.353. The first-order valence-corrected chi connectivity index (χ1v) is 12.1. The monoisotopic (exact) mass is 453 g/mol. The lowest BCUT2D eigenvalue weighted by Crippen LogP contribution is -2.33. The summed E-state index contributed by atoms with van der Waals surface area (Å²) in [5, 5.41) is 1.96. The minimum absolute atomic E-state index is 0.0724. The van der Waals surface area contributed by atoms with Crippen molar-refractivity contribution >= 4 is 33.8 Å². The van der Waals surface area contributed by atoms with Crippen LogP contribution in [0.3, 0.4) is 0 Å². The quantitative estimate of drug-likeness (QED) is 0.271. The first-order chi connectivity index (χ1) is 17.2. The average Bonchev–Trinajstić information content (AvgIpc) is 3.54. The fraction of sp³-hybridized carbons (Fsp3) is 0.125. The Morgan fingerprint density at radius 3 is 1.69 bits per heavy atom. The van der Waals surface area contributed by atoms with Crippen LogP contribution in [0.25, 0.3) is 16.3 Å². The molecule has 1 saturated heterocycles. The number of imide groups is 1. The fourth-order valence-corrected chi connectivity index (χ4v) is 6.45. The van der Waals surface area contributed by atoms with E-state index in [0.717, 1.165) is 27.5 Å². The van der Waals surface area contributed by atoms with Crippen molar-refractivity contribution in [2.45, 2.75) is 0 Å². The molecule has 1 heterocycles. The molecule has 2 amide bonds. The molecule has 2 bridgehead atoms. The van der Waals surface area contributed by atoms with Gasteiger partial charge in [0.15, 0.2) is 0 Å². The van der Waals surface area contributed by atoms with E-state index < -0.39 is 0 Å². The smallest absolute Gasteiger partial charge is 0.238 e. The van der Waals surface area contributed by atoms with Gasteiger partial charge in [-0.2, -0.15) is 0 Å². The van der Waals surface area contributed by atoms with E-state index in [0.29, 0.717) is 5.69 Å². The number of fused-ring (bicyclic) bond motifs is 6. The molecule has 7 rings (SSSR count). The van der Waals surface area contributed by atoms with E-state index in [4.69, 9.17) is 0 Å². The molecule has 35 heavy (non-hydrogen) atoms. The van der Waals surface area contributed by atoms with Crippen LogP contribution >= 0.6 is 0 Å². The summed E-state index contributed by atoms with van der Waals surface area (Å²) >= 11 is 0. The number of amides is 2. The number of benzene rings is 4.